The van der Waals surface area contributed by atoms with Crippen molar-refractivity contribution in [2.45, 2.75) is 0 Å². The summed E-state index contributed by atoms with van der Waals surface area (Å²) in [6.07, 6.45) is 4.51. The van der Waals surface area contributed by atoms with Crippen LogP contribution >= 0.6 is 0 Å². The third kappa shape index (κ3) is 3.07. The molecule has 2 rings (SSSR count). The first-order valence-electron chi connectivity index (χ1n) is 5.41. The van der Waals surface area contributed by atoms with E-state index < -0.39 is 0 Å². The summed E-state index contributed by atoms with van der Waals surface area (Å²) >= 11 is 0. The zero-order valence-corrected chi connectivity index (χ0v) is 10.2. The molecular formula is C12H11N5O2. The molecule has 7 nitrogen and oxygen atoms in total. The Bertz CT molecular complexity index is 601. The quantitative estimate of drug-likeness (QED) is 0.748. The fourth-order valence-electron chi connectivity index (χ4n) is 1.44. The molecule has 0 N–H and O–H groups in total. The zero-order chi connectivity index (χ0) is 13.5. The van der Waals surface area contributed by atoms with Crippen molar-refractivity contribution in [3.8, 4) is 17.6 Å². The van der Waals surface area contributed by atoms with Gasteiger partial charge in [-0.1, -0.05) is 6.07 Å². The topological polar surface area (TPSA) is 85.3 Å². The fourth-order valence-corrected chi connectivity index (χ4v) is 1.44. The summed E-state index contributed by atoms with van der Waals surface area (Å²) in [4.78, 5) is 0. The summed E-state index contributed by atoms with van der Waals surface area (Å²) in [6.45, 7) is -0.0617. The standard InChI is InChI=1S/C12H11N5O2/c1-18-11-4-2-3-10(12(11)19-6-5-13)7-16-17-8-14-15-9-17/h2-4,7-9H,6H2,1H3/b16-7-. The SMILES string of the molecule is COc1cccc(/C=N\n2cnnc2)c1OCC#N. The number of para-hydroxylation sites is 1. The van der Waals surface area contributed by atoms with E-state index in [4.69, 9.17) is 14.7 Å². The van der Waals surface area contributed by atoms with E-state index in [1.807, 2.05) is 18.2 Å². The minimum Gasteiger partial charge on any atom is -0.493 e. The number of methoxy groups -OCH3 is 1. The lowest BCUT2D eigenvalue weighted by Crippen LogP contribution is -2.00. The Morgan fingerprint density at radius 1 is 1.42 bits per heavy atom. The van der Waals surface area contributed by atoms with E-state index in [0.717, 1.165) is 0 Å². The van der Waals surface area contributed by atoms with Gasteiger partial charge >= 0.3 is 0 Å². The largest absolute Gasteiger partial charge is 0.493 e. The first-order chi connectivity index (χ1) is 9.35. The molecule has 0 aliphatic heterocycles. The molecule has 0 amide bonds. The smallest absolute Gasteiger partial charge is 0.174 e. The van der Waals surface area contributed by atoms with Crippen LogP contribution in [0.15, 0.2) is 36.0 Å². The van der Waals surface area contributed by atoms with Crippen LogP contribution in [-0.2, 0) is 0 Å². The highest BCUT2D eigenvalue weighted by atomic mass is 16.5. The van der Waals surface area contributed by atoms with Crippen LogP contribution in [-0.4, -0.2) is 34.8 Å². The molecule has 0 aliphatic rings. The van der Waals surface area contributed by atoms with Gasteiger partial charge in [0, 0.05) is 5.56 Å². The normalized spacial score (nSPS) is 10.3. The monoisotopic (exact) mass is 257 g/mol. The predicted molar refractivity (Wildman–Crippen MR) is 67.1 cm³/mol. The molecule has 7 heteroatoms. The van der Waals surface area contributed by atoms with E-state index in [2.05, 4.69) is 15.3 Å². The van der Waals surface area contributed by atoms with Crippen LogP contribution in [0.5, 0.6) is 11.5 Å². The molecule has 1 heterocycles. The van der Waals surface area contributed by atoms with Gasteiger partial charge in [-0.3, -0.25) is 0 Å². The van der Waals surface area contributed by atoms with Gasteiger partial charge in [-0.15, -0.1) is 10.2 Å². The summed E-state index contributed by atoms with van der Waals surface area (Å²) in [5, 5.41) is 20.0. The third-order valence-corrected chi connectivity index (χ3v) is 2.25. The van der Waals surface area contributed by atoms with Crippen LogP contribution in [0.3, 0.4) is 0 Å². The molecule has 0 saturated carbocycles. The van der Waals surface area contributed by atoms with E-state index >= 15 is 0 Å². The van der Waals surface area contributed by atoms with E-state index in [9.17, 15) is 0 Å². The number of rotatable bonds is 5. The molecule has 19 heavy (non-hydrogen) atoms. The van der Waals surface area contributed by atoms with Crippen molar-refractivity contribution in [3.05, 3.63) is 36.4 Å². The van der Waals surface area contributed by atoms with Crippen LogP contribution < -0.4 is 9.47 Å². The molecule has 0 spiro atoms. The number of benzene rings is 1. The van der Waals surface area contributed by atoms with Crippen molar-refractivity contribution in [2.24, 2.45) is 5.10 Å². The Morgan fingerprint density at radius 3 is 2.89 bits per heavy atom. The molecule has 0 fully saturated rings. The van der Waals surface area contributed by atoms with Crippen molar-refractivity contribution in [1.29, 1.82) is 5.26 Å². The number of nitriles is 1. The predicted octanol–water partition coefficient (Wildman–Crippen LogP) is 1.07. The first-order valence-corrected chi connectivity index (χ1v) is 5.41. The minimum absolute atomic E-state index is 0.0617. The van der Waals surface area contributed by atoms with Crippen molar-refractivity contribution >= 4 is 6.21 Å². The van der Waals surface area contributed by atoms with Crippen LogP contribution in [0.25, 0.3) is 0 Å². The summed E-state index contributed by atoms with van der Waals surface area (Å²) in [5.74, 6) is 1.02. The molecular weight excluding hydrogens is 246 g/mol. The molecule has 0 atom stereocenters. The van der Waals surface area contributed by atoms with Crippen LogP contribution in [0, 0.1) is 11.3 Å². The molecule has 1 aromatic heterocycles. The molecule has 0 bridgehead atoms. The number of nitrogens with zero attached hydrogens (tertiary/aromatic N) is 5. The lowest BCUT2D eigenvalue weighted by molar-refractivity contribution is 0.329. The van der Waals surface area contributed by atoms with Crippen molar-refractivity contribution in [1.82, 2.24) is 14.9 Å². The van der Waals surface area contributed by atoms with Crippen molar-refractivity contribution in [3.63, 3.8) is 0 Å². The van der Waals surface area contributed by atoms with Gasteiger partial charge in [0.25, 0.3) is 0 Å². The van der Waals surface area contributed by atoms with Gasteiger partial charge in [-0.25, -0.2) is 4.68 Å². The first kappa shape index (κ1) is 12.6. The minimum atomic E-state index is -0.0617. The summed E-state index contributed by atoms with van der Waals surface area (Å²) < 4.78 is 12.0. The average Bonchev–Trinajstić information content (AvgIpc) is 2.96. The van der Waals surface area contributed by atoms with E-state index in [1.54, 1.807) is 12.3 Å². The van der Waals surface area contributed by atoms with E-state index in [1.165, 1.54) is 24.4 Å². The van der Waals surface area contributed by atoms with Gasteiger partial charge in [-0.05, 0) is 12.1 Å². The number of ether oxygens (including phenoxy) is 2. The summed E-state index contributed by atoms with van der Waals surface area (Å²) in [7, 11) is 1.54. The Labute approximate surface area is 109 Å². The lowest BCUT2D eigenvalue weighted by Gasteiger charge is -2.10. The highest BCUT2D eigenvalue weighted by Gasteiger charge is 2.08. The molecule has 0 aliphatic carbocycles. The second-order valence-corrected chi connectivity index (χ2v) is 3.41. The lowest BCUT2D eigenvalue weighted by atomic mass is 10.2. The molecule has 0 radical (unpaired) electrons. The molecule has 2 aromatic rings. The highest BCUT2D eigenvalue weighted by molar-refractivity contribution is 5.85. The van der Waals surface area contributed by atoms with E-state index in [-0.39, 0.29) is 6.61 Å². The van der Waals surface area contributed by atoms with Gasteiger partial charge in [0.15, 0.2) is 18.1 Å². The Balaban J connectivity index is 2.30. The molecule has 0 unspecified atom stereocenters. The average molecular weight is 257 g/mol. The zero-order valence-electron chi connectivity index (χ0n) is 10.2. The second kappa shape index (κ2) is 6.16. The van der Waals surface area contributed by atoms with Gasteiger partial charge in [0.2, 0.25) is 0 Å². The van der Waals surface area contributed by atoms with Crippen molar-refractivity contribution < 1.29 is 9.47 Å². The maximum Gasteiger partial charge on any atom is 0.174 e. The van der Waals surface area contributed by atoms with Gasteiger partial charge < -0.3 is 9.47 Å². The van der Waals surface area contributed by atoms with Crippen LogP contribution in [0.1, 0.15) is 5.56 Å². The summed E-state index contributed by atoms with van der Waals surface area (Å²) in [5.41, 5.74) is 0.698. The van der Waals surface area contributed by atoms with E-state index in [0.29, 0.717) is 17.1 Å². The van der Waals surface area contributed by atoms with Gasteiger partial charge in [-0.2, -0.15) is 10.4 Å². The van der Waals surface area contributed by atoms with Gasteiger partial charge in [0.05, 0.1) is 13.3 Å². The maximum atomic E-state index is 8.59. The second-order valence-electron chi connectivity index (χ2n) is 3.41. The molecule has 0 saturated heterocycles. The van der Waals surface area contributed by atoms with Crippen LogP contribution in [0.2, 0.25) is 0 Å². The highest BCUT2D eigenvalue weighted by Crippen LogP contribution is 2.29. The van der Waals surface area contributed by atoms with Gasteiger partial charge in [0.1, 0.15) is 18.7 Å². The molecule has 1 aromatic carbocycles. The number of hydrogen-bond acceptors (Lipinski definition) is 6. The van der Waals surface area contributed by atoms with Crippen molar-refractivity contribution in [2.75, 3.05) is 13.7 Å². The molecule has 96 valence electrons. The number of aromatic nitrogens is 3. The van der Waals surface area contributed by atoms with Crippen LogP contribution in [0.4, 0.5) is 0 Å². The Hall–Kier alpha value is -2.88. The summed E-state index contributed by atoms with van der Waals surface area (Å²) in [6, 6.07) is 7.29. The Kier molecular flexibility index (Phi) is 4.08. The Morgan fingerprint density at radius 2 is 2.21 bits per heavy atom. The third-order valence-electron chi connectivity index (χ3n) is 2.25. The number of hydrogen-bond donors (Lipinski definition) is 0. The fraction of sp³-hybridized carbons (Fsp3) is 0.167. The maximum absolute atomic E-state index is 8.59.